The zero-order valence-corrected chi connectivity index (χ0v) is 8.14. The molecule has 7 nitrogen and oxygen atoms in total. The molecule has 1 atom stereocenters. The second-order valence-electron chi connectivity index (χ2n) is 3.20. The second kappa shape index (κ2) is 2.97. The predicted octanol–water partition coefficient (Wildman–Crippen LogP) is -0.162. The number of amides is 1. The fraction of sp³-hybridized carbons (Fsp3) is 0.375. The lowest BCUT2D eigenvalue weighted by atomic mass is 10.3. The number of fused-ring (bicyclic) bond motifs is 1. The molecular formula is C8H9N3O4. The number of nitrogens with one attached hydrogen (secondary N) is 1. The molecule has 15 heavy (non-hydrogen) atoms. The van der Waals surface area contributed by atoms with Gasteiger partial charge < -0.3 is 15.2 Å². The second-order valence-corrected chi connectivity index (χ2v) is 3.20. The van der Waals surface area contributed by atoms with Crippen molar-refractivity contribution in [3.63, 3.8) is 0 Å². The molecule has 0 spiro atoms. The molecule has 1 aliphatic heterocycles. The summed E-state index contributed by atoms with van der Waals surface area (Å²) in [6.45, 7) is 1.54. The number of rotatable bonds is 1. The van der Waals surface area contributed by atoms with Crippen LogP contribution >= 0.6 is 0 Å². The van der Waals surface area contributed by atoms with E-state index in [0.717, 1.165) is 4.68 Å². The van der Waals surface area contributed by atoms with E-state index in [0.29, 0.717) is 0 Å². The lowest BCUT2D eigenvalue weighted by Gasteiger charge is -2.19. The van der Waals surface area contributed by atoms with Gasteiger partial charge in [-0.15, -0.1) is 0 Å². The van der Waals surface area contributed by atoms with Crippen LogP contribution in [0, 0.1) is 0 Å². The molecule has 2 heterocycles. The number of carboxylic acid groups (broad SMARTS) is 1. The van der Waals surface area contributed by atoms with E-state index >= 15 is 0 Å². The smallest absolute Gasteiger partial charge is 0.358 e. The van der Waals surface area contributed by atoms with Crippen molar-refractivity contribution in [1.29, 1.82) is 0 Å². The first-order chi connectivity index (χ1) is 7.00. The molecule has 1 aliphatic rings. The molecule has 0 saturated carbocycles. The van der Waals surface area contributed by atoms with Gasteiger partial charge in [0.25, 0.3) is 5.91 Å². The first kappa shape index (κ1) is 9.50. The summed E-state index contributed by atoms with van der Waals surface area (Å²) in [4.78, 5) is 22.1. The average Bonchev–Trinajstić information content (AvgIpc) is 2.41. The number of carbonyl (C=O) groups is 2. The van der Waals surface area contributed by atoms with Gasteiger partial charge in [-0.05, 0) is 6.92 Å². The van der Waals surface area contributed by atoms with Crippen molar-refractivity contribution < 1.29 is 19.4 Å². The van der Waals surface area contributed by atoms with Crippen LogP contribution in [-0.4, -0.2) is 32.9 Å². The van der Waals surface area contributed by atoms with Crippen LogP contribution in [0.1, 0.15) is 17.4 Å². The Bertz CT molecular complexity index is 451. The predicted molar refractivity (Wildman–Crippen MR) is 48.9 cm³/mol. The topological polar surface area (TPSA) is 93.5 Å². The van der Waals surface area contributed by atoms with Crippen molar-refractivity contribution in [3.8, 4) is 5.75 Å². The van der Waals surface area contributed by atoms with Gasteiger partial charge in [-0.25, -0.2) is 4.79 Å². The minimum Gasteiger partial charge on any atom is -0.476 e. The number of aryl methyl sites for hydroxylation is 1. The normalized spacial score (nSPS) is 19.1. The number of aromatic carboxylic acids is 1. The molecule has 80 valence electrons. The Morgan fingerprint density at radius 2 is 2.33 bits per heavy atom. The molecule has 0 bridgehead atoms. The molecule has 2 rings (SSSR count). The summed E-state index contributed by atoms with van der Waals surface area (Å²) in [6.07, 6.45) is -0.709. The third-order valence-electron chi connectivity index (χ3n) is 2.11. The van der Waals surface area contributed by atoms with E-state index in [4.69, 9.17) is 9.84 Å². The maximum atomic E-state index is 11.2. The van der Waals surface area contributed by atoms with Crippen LogP contribution in [0.15, 0.2) is 0 Å². The van der Waals surface area contributed by atoms with Crippen LogP contribution in [0.4, 0.5) is 5.82 Å². The molecule has 1 aromatic rings. The van der Waals surface area contributed by atoms with E-state index < -0.39 is 12.1 Å². The largest absolute Gasteiger partial charge is 0.476 e. The van der Waals surface area contributed by atoms with Gasteiger partial charge in [-0.1, -0.05) is 0 Å². The average molecular weight is 211 g/mol. The minimum atomic E-state index is -1.14. The van der Waals surface area contributed by atoms with Crippen LogP contribution in [0.5, 0.6) is 5.75 Å². The highest BCUT2D eigenvalue weighted by atomic mass is 16.5. The molecule has 0 aromatic carbocycles. The first-order valence-electron chi connectivity index (χ1n) is 4.28. The van der Waals surface area contributed by atoms with Crippen LogP contribution in [0.25, 0.3) is 0 Å². The van der Waals surface area contributed by atoms with Gasteiger partial charge >= 0.3 is 5.97 Å². The highest BCUT2D eigenvalue weighted by Crippen LogP contribution is 2.32. The van der Waals surface area contributed by atoms with Crippen molar-refractivity contribution in [2.45, 2.75) is 13.0 Å². The summed E-state index contributed by atoms with van der Waals surface area (Å²) in [5.41, 5.74) is -0.0724. The van der Waals surface area contributed by atoms with Crippen LogP contribution in [0.3, 0.4) is 0 Å². The highest BCUT2D eigenvalue weighted by Gasteiger charge is 2.32. The third kappa shape index (κ3) is 1.32. The number of anilines is 1. The molecule has 1 aromatic heterocycles. The van der Waals surface area contributed by atoms with Gasteiger partial charge in [0.15, 0.2) is 23.4 Å². The minimum absolute atomic E-state index is 0.0724. The number of aromatic nitrogens is 2. The zero-order valence-electron chi connectivity index (χ0n) is 8.14. The van der Waals surface area contributed by atoms with Crippen LogP contribution in [-0.2, 0) is 11.8 Å². The van der Waals surface area contributed by atoms with E-state index in [2.05, 4.69) is 10.4 Å². The van der Waals surface area contributed by atoms with Gasteiger partial charge in [-0.2, -0.15) is 5.10 Å². The monoisotopic (exact) mass is 211 g/mol. The van der Waals surface area contributed by atoms with Crippen molar-refractivity contribution in [1.82, 2.24) is 9.78 Å². The summed E-state index contributed by atoms with van der Waals surface area (Å²) >= 11 is 0. The Balaban J connectivity index is 2.54. The quantitative estimate of drug-likeness (QED) is 0.673. The van der Waals surface area contributed by atoms with Crippen molar-refractivity contribution in [3.05, 3.63) is 5.69 Å². The van der Waals surface area contributed by atoms with Crippen LogP contribution < -0.4 is 10.1 Å². The number of nitrogens with zero attached hydrogens (tertiary/aromatic N) is 2. The first-order valence-corrected chi connectivity index (χ1v) is 4.28. The summed E-state index contributed by atoms with van der Waals surface area (Å²) in [5.74, 6) is -1.22. The Morgan fingerprint density at radius 1 is 1.67 bits per heavy atom. The van der Waals surface area contributed by atoms with Crippen LogP contribution in [0.2, 0.25) is 0 Å². The fourth-order valence-corrected chi connectivity index (χ4v) is 1.38. The number of ether oxygens (including phenoxy) is 1. The highest BCUT2D eigenvalue weighted by molar-refractivity contribution is 6.00. The Hall–Kier alpha value is -2.05. The summed E-state index contributed by atoms with van der Waals surface area (Å²) < 4.78 is 6.34. The summed E-state index contributed by atoms with van der Waals surface area (Å²) in [7, 11) is 1.47. The summed E-state index contributed by atoms with van der Waals surface area (Å²) in [6, 6.07) is 0. The number of hydrogen-bond donors (Lipinski definition) is 2. The van der Waals surface area contributed by atoms with Gasteiger partial charge in [0.1, 0.15) is 0 Å². The zero-order chi connectivity index (χ0) is 11.2. The molecule has 7 heteroatoms. The summed E-state index contributed by atoms with van der Waals surface area (Å²) in [5, 5.41) is 15.2. The Labute approximate surface area is 84.6 Å². The van der Waals surface area contributed by atoms with E-state index in [9.17, 15) is 9.59 Å². The molecule has 0 fully saturated rings. The lowest BCUT2D eigenvalue weighted by molar-refractivity contribution is -0.122. The standard InChI is InChI=1S/C8H9N3O4/c1-3-7(12)9-6-5(15-3)4(8(13)14)11(2)10-6/h3H,1-2H3,(H,13,14)(H,9,10,12). The van der Waals surface area contributed by atoms with E-state index in [1.165, 1.54) is 14.0 Å². The fourth-order valence-electron chi connectivity index (χ4n) is 1.38. The molecule has 0 radical (unpaired) electrons. The Morgan fingerprint density at radius 3 is 2.93 bits per heavy atom. The van der Waals surface area contributed by atoms with Gasteiger partial charge in [0.2, 0.25) is 0 Å². The molecule has 0 saturated heterocycles. The molecule has 0 aliphatic carbocycles. The Kier molecular flexibility index (Phi) is 1.88. The maximum absolute atomic E-state index is 11.2. The van der Waals surface area contributed by atoms with Gasteiger partial charge in [0, 0.05) is 7.05 Å². The van der Waals surface area contributed by atoms with Crippen molar-refractivity contribution in [2.75, 3.05) is 5.32 Å². The third-order valence-corrected chi connectivity index (χ3v) is 2.11. The number of carboxylic acids is 1. The SMILES string of the molecule is CC1Oc2c(nn(C)c2C(=O)O)NC1=O. The van der Waals surface area contributed by atoms with E-state index in [1.807, 2.05) is 0 Å². The maximum Gasteiger partial charge on any atom is 0.358 e. The molecular weight excluding hydrogens is 202 g/mol. The van der Waals surface area contributed by atoms with Gasteiger partial charge in [0.05, 0.1) is 0 Å². The molecule has 1 amide bonds. The lowest BCUT2D eigenvalue weighted by Crippen LogP contribution is -2.34. The molecule has 2 N–H and O–H groups in total. The van der Waals surface area contributed by atoms with Crippen molar-refractivity contribution in [2.24, 2.45) is 7.05 Å². The van der Waals surface area contributed by atoms with E-state index in [-0.39, 0.29) is 23.2 Å². The number of hydrogen-bond acceptors (Lipinski definition) is 4. The number of carbonyl (C=O) groups excluding carboxylic acids is 1. The van der Waals surface area contributed by atoms with E-state index in [1.54, 1.807) is 0 Å². The van der Waals surface area contributed by atoms with Crippen molar-refractivity contribution >= 4 is 17.7 Å². The molecule has 1 unspecified atom stereocenters. The van der Waals surface area contributed by atoms with Gasteiger partial charge in [-0.3, -0.25) is 9.48 Å².